The first-order valence-corrected chi connectivity index (χ1v) is 6.24. The molecule has 0 fully saturated rings. The molecule has 0 saturated carbocycles. The van der Waals surface area contributed by atoms with Crippen LogP contribution in [-0.4, -0.2) is 0 Å². The summed E-state index contributed by atoms with van der Waals surface area (Å²) in [6.45, 7) is 2.33. The Balaban J connectivity index is 2.16. The van der Waals surface area contributed by atoms with Crippen molar-refractivity contribution in [2.45, 2.75) is 13.5 Å². The molecule has 0 bridgehead atoms. The third-order valence-electron chi connectivity index (χ3n) is 2.60. The Morgan fingerprint density at radius 3 is 2.67 bits per heavy atom. The van der Waals surface area contributed by atoms with E-state index < -0.39 is 0 Å². The molecule has 0 unspecified atom stereocenters. The molecule has 94 valence electrons. The van der Waals surface area contributed by atoms with Crippen LogP contribution in [0.25, 0.3) is 0 Å². The Morgan fingerprint density at radius 1 is 1.11 bits per heavy atom. The molecule has 2 aromatic rings. The van der Waals surface area contributed by atoms with E-state index in [0.717, 1.165) is 16.9 Å². The highest BCUT2D eigenvalue weighted by molar-refractivity contribution is 6.31. The van der Waals surface area contributed by atoms with Gasteiger partial charge in [0.25, 0.3) is 0 Å². The average Bonchev–Trinajstić information content (AvgIpc) is 2.34. The molecule has 0 aliphatic heterocycles. The molecule has 0 radical (unpaired) electrons. The smallest absolute Gasteiger partial charge is 0.124 e. The van der Waals surface area contributed by atoms with E-state index in [1.165, 1.54) is 0 Å². The molecule has 0 heterocycles. The Bertz CT molecular complexity index is 518. The van der Waals surface area contributed by atoms with Crippen LogP contribution in [0.15, 0.2) is 36.4 Å². The highest BCUT2D eigenvalue weighted by Crippen LogP contribution is 2.25. The van der Waals surface area contributed by atoms with Crippen LogP contribution < -0.4 is 10.5 Å². The predicted octanol–water partition coefficient (Wildman–Crippen LogP) is 4.46. The molecule has 0 aliphatic rings. The summed E-state index contributed by atoms with van der Waals surface area (Å²) in [5.41, 5.74) is 8.27. The summed E-state index contributed by atoms with van der Waals surface area (Å²) >= 11 is 12.0. The van der Waals surface area contributed by atoms with Crippen LogP contribution in [0.1, 0.15) is 11.1 Å². The van der Waals surface area contributed by atoms with Gasteiger partial charge in [-0.15, -0.1) is 0 Å². The lowest BCUT2D eigenvalue weighted by Gasteiger charge is -2.11. The van der Waals surface area contributed by atoms with Crippen molar-refractivity contribution in [3.8, 4) is 5.75 Å². The molecule has 2 rings (SSSR count). The molecule has 18 heavy (non-hydrogen) atoms. The van der Waals surface area contributed by atoms with E-state index in [9.17, 15) is 0 Å². The van der Waals surface area contributed by atoms with Gasteiger partial charge in [0.2, 0.25) is 0 Å². The zero-order chi connectivity index (χ0) is 13.1. The van der Waals surface area contributed by atoms with Gasteiger partial charge in [-0.3, -0.25) is 0 Å². The van der Waals surface area contributed by atoms with Gasteiger partial charge < -0.3 is 10.5 Å². The van der Waals surface area contributed by atoms with Gasteiger partial charge in [-0.1, -0.05) is 29.3 Å². The fourth-order valence-electron chi connectivity index (χ4n) is 1.59. The summed E-state index contributed by atoms with van der Waals surface area (Å²) in [6.07, 6.45) is 0. The molecule has 4 heteroatoms. The zero-order valence-corrected chi connectivity index (χ0v) is 11.4. The molecule has 2 N–H and O–H groups in total. The first kappa shape index (κ1) is 13.1. The molecule has 0 aromatic heterocycles. The molecule has 0 aliphatic carbocycles. The molecular weight excluding hydrogens is 269 g/mol. The number of nitrogen functional groups attached to an aromatic ring is 1. The number of aryl methyl sites for hydroxylation is 1. The van der Waals surface area contributed by atoms with Crippen molar-refractivity contribution in [2.24, 2.45) is 0 Å². The molecule has 2 aromatic carbocycles. The first-order chi connectivity index (χ1) is 8.56. The summed E-state index contributed by atoms with van der Waals surface area (Å²) in [7, 11) is 0. The lowest BCUT2D eigenvalue weighted by atomic mass is 10.2. The standard InChI is InChI=1S/C14H13Cl2NO/c1-9-2-3-11(15)7-14(9)18-8-10-6-12(17)4-5-13(10)16/h2-7H,8,17H2,1H3. The maximum atomic E-state index is 6.07. The normalized spacial score (nSPS) is 10.4. The van der Waals surface area contributed by atoms with Crippen molar-refractivity contribution < 1.29 is 4.74 Å². The second-order valence-corrected chi connectivity index (χ2v) is 4.89. The quantitative estimate of drug-likeness (QED) is 0.843. The maximum Gasteiger partial charge on any atom is 0.124 e. The fraction of sp³-hybridized carbons (Fsp3) is 0.143. The number of rotatable bonds is 3. The average molecular weight is 282 g/mol. The summed E-state index contributed by atoms with van der Waals surface area (Å²) in [4.78, 5) is 0. The Kier molecular flexibility index (Phi) is 4.00. The molecule has 2 nitrogen and oxygen atoms in total. The van der Waals surface area contributed by atoms with Crippen LogP contribution in [-0.2, 0) is 6.61 Å². The van der Waals surface area contributed by atoms with Crippen molar-refractivity contribution in [2.75, 3.05) is 5.73 Å². The molecule has 0 amide bonds. The van der Waals surface area contributed by atoms with Gasteiger partial charge in [-0.2, -0.15) is 0 Å². The molecule has 0 spiro atoms. The van der Waals surface area contributed by atoms with Gasteiger partial charge in [-0.05, 0) is 42.8 Å². The van der Waals surface area contributed by atoms with Crippen LogP contribution >= 0.6 is 23.2 Å². The van der Waals surface area contributed by atoms with Gasteiger partial charge in [0.05, 0.1) is 0 Å². The summed E-state index contributed by atoms with van der Waals surface area (Å²) in [5.74, 6) is 0.751. The monoisotopic (exact) mass is 281 g/mol. The number of benzene rings is 2. The van der Waals surface area contributed by atoms with Crippen molar-refractivity contribution in [1.29, 1.82) is 0 Å². The van der Waals surface area contributed by atoms with Gasteiger partial charge >= 0.3 is 0 Å². The summed E-state index contributed by atoms with van der Waals surface area (Å²) in [6, 6.07) is 10.9. The number of halogens is 2. The van der Waals surface area contributed by atoms with E-state index in [4.69, 9.17) is 33.7 Å². The molecule has 0 saturated heterocycles. The highest BCUT2D eigenvalue weighted by Gasteiger charge is 2.05. The minimum Gasteiger partial charge on any atom is -0.489 e. The predicted molar refractivity (Wildman–Crippen MR) is 76.4 cm³/mol. The minimum absolute atomic E-state index is 0.366. The van der Waals surface area contributed by atoms with Gasteiger partial charge in [0, 0.05) is 21.3 Å². The number of nitrogens with two attached hydrogens (primary N) is 1. The number of hydrogen-bond acceptors (Lipinski definition) is 2. The van der Waals surface area contributed by atoms with Crippen molar-refractivity contribution in [1.82, 2.24) is 0 Å². The zero-order valence-electron chi connectivity index (χ0n) is 9.91. The van der Waals surface area contributed by atoms with Crippen LogP contribution in [0.3, 0.4) is 0 Å². The van der Waals surface area contributed by atoms with Crippen LogP contribution in [0.5, 0.6) is 5.75 Å². The van der Waals surface area contributed by atoms with Gasteiger partial charge in [0.15, 0.2) is 0 Å². The van der Waals surface area contributed by atoms with E-state index in [0.29, 0.717) is 22.3 Å². The highest BCUT2D eigenvalue weighted by atomic mass is 35.5. The third kappa shape index (κ3) is 3.09. The van der Waals surface area contributed by atoms with E-state index in [1.807, 2.05) is 25.1 Å². The van der Waals surface area contributed by atoms with E-state index in [2.05, 4.69) is 0 Å². The van der Waals surface area contributed by atoms with Crippen LogP contribution in [0, 0.1) is 6.92 Å². The Hall–Kier alpha value is -1.38. The first-order valence-electron chi connectivity index (χ1n) is 5.49. The number of ether oxygens (including phenoxy) is 1. The van der Waals surface area contributed by atoms with Crippen LogP contribution in [0.4, 0.5) is 5.69 Å². The lowest BCUT2D eigenvalue weighted by molar-refractivity contribution is 0.304. The van der Waals surface area contributed by atoms with Crippen molar-refractivity contribution in [3.63, 3.8) is 0 Å². The van der Waals surface area contributed by atoms with E-state index in [1.54, 1.807) is 18.2 Å². The number of anilines is 1. The Labute approximate surface area is 116 Å². The topological polar surface area (TPSA) is 35.2 Å². The minimum atomic E-state index is 0.366. The van der Waals surface area contributed by atoms with Gasteiger partial charge in [0.1, 0.15) is 12.4 Å². The van der Waals surface area contributed by atoms with E-state index >= 15 is 0 Å². The third-order valence-corrected chi connectivity index (χ3v) is 3.21. The second kappa shape index (κ2) is 5.51. The lowest BCUT2D eigenvalue weighted by Crippen LogP contribution is -1.99. The van der Waals surface area contributed by atoms with Crippen molar-refractivity contribution >= 4 is 28.9 Å². The largest absolute Gasteiger partial charge is 0.489 e. The van der Waals surface area contributed by atoms with Gasteiger partial charge in [-0.25, -0.2) is 0 Å². The summed E-state index contributed by atoms with van der Waals surface area (Å²) < 4.78 is 5.72. The maximum absolute atomic E-state index is 6.07. The molecular formula is C14H13Cl2NO. The SMILES string of the molecule is Cc1ccc(Cl)cc1OCc1cc(N)ccc1Cl. The van der Waals surface area contributed by atoms with Crippen molar-refractivity contribution in [3.05, 3.63) is 57.6 Å². The van der Waals surface area contributed by atoms with E-state index in [-0.39, 0.29) is 0 Å². The summed E-state index contributed by atoms with van der Waals surface area (Å²) in [5, 5.41) is 1.29. The fourth-order valence-corrected chi connectivity index (χ4v) is 1.92. The number of hydrogen-bond donors (Lipinski definition) is 1. The molecule has 0 atom stereocenters. The van der Waals surface area contributed by atoms with Crippen LogP contribution in [0.2, 0.25) is 10.0 Å². The second-order valence-electron chi connectivity index (χ2n) is 4.05. The Morgan fingerprint density at radius 2 is 1.89 bits per heavy atom.